The lowest BCUT2D eigenvalue weighted by Crippen LogP contribution is -2.48. The number of rotatable bonds is 5. The number of carbonyl (C=O) groups excluding carboxylic acids is 2. The largest absolute Gasteiger partial charge is 0.463 e. The number of non-ortho nitro benzene ring substituents is 1. The van der Waals surface area contributed by atoms with E-state index in [9.17, 15) is 19.7 Å². The van der Waals surface area contributed by atoms with Crippen LogP contribution in [0.5, 0.6) is 0 Å². The molecule has 1 aliphatic carbocycles. The van der Waals surface area contributed by atoms with Crippen LogP contribution in [0.25, 0.3) is 0 Å². The van der Waals surface area contributed by atoms with Gasteiger partial charge in [-0.05, 0) is 44.4 Å². The van der Waals surface area contributed by atoms with Gasteiger partial charge < -0.3 is 10.1 Å². The molecule has 1 saturated carbocycles. The van der Waals surface area contributed by atoms with Gasteiger partial charge in [-0.2, -0.15) is 0 Å². The number of hydrogen-bond acceptors (Lipinski definition) is 5. The Bertz CT molecular complexity index is 752. The molecular weight excluding hydrogens is 326 g/mol. The first-order chi connectivity index (χ1) is 11.9. The van der Waals surface area contributed by atoms with Crippen molar-refractivity contribution < 1.29 is 19.2 Å². The lowest BCUT2D eigenvalue weighted by Gasteiger charge is -2.35. The van der Waals surface area contributed by atoms with E-state index in [1.807, 2.05) is 0 Å². The van der Waals surface area contributed by atoms with E-state index in [-0.39, 0.29) is 24.4 Å². The van der Waals surface area contributed by atoms with Crippen LogP contribution in [-0.2, 0) is 9.53 Å². The van der Waals surface area contributed by atoms with E-state index in [1.165, 1.54) is 12.1 Å². The molecule has 0 aromatic heterocycles. The summed E-state index contributed by atoms with van der Waals surface area (Å²) in [5.41, 5.74) is 1.48. The van der Waals surface area contributed by atoms with E-state index in [1.54, 1.807) is 30.9 Å². The third-order valence-corrected chi connectivity index (χ3v) is 4.37. The summed E-state index contributed by atoms with van der Waals surface area (Å²) < 4.78 is 5.17. The maximum absolute atomic E-state index is 12.5. The summed E-state index contributed by atoms with van der Waals surface area (Å²) >= 11 is 0. The number of benzene rings is 1. The van der Waals surface area contributed by atoms with E-state index >= 15 is 0 Å². The van der Waals surface area contributed by atoms with Gasteiger partial charge in [0.15, 0.2) is 0 Å². The molecule has 0 bridgehead atoms. The number of hydrogen-bond donors (Lipinski definition) is 1. The van der Waals surface area contributed by atoms with Crippen LogP contribution in [0.15, 0.2) is 35.5 Å². The Morgan fingerprint density at radius 1 is 1.36 bits per heavy atom. The van der Waals surface area contributed by atoms with E-state index in [0.717, 1.165) is 12.8 Å². The molecule has 1 atom stereocenters. The summed E-state index contributed by atoms with van der Waals surface area (Å²) in [7, 11) is 0. The van der Waals surface area contributed by atoms with Crippen molar-refractivity contribution in [2.45, 2.75) is 38.8 Å². The third kappa shape index (κ3) is 3.19. The number of ether oxygens (including phenoxy) is 1. The van der Waals surface area contributed by atoms with Gasteiger partial charge in [-0.1, -0.05) is 0 Å². The minimum absolute atomic E-state index is 0.0520. The zero-order valence-corrected chi connectivity index (χ0v) is 14.0. The van der Waals surface area contributed by atoms with E-state index in [0.29, 0.717) is 16.8 Å². The second-order valence-corrected chi connectivity index (χ2v) is 6.05. The molecule has 2 aliphatic rings. The van der Waals surface area contributed by atoms with Gasteiger partial charge in [0.25, 0.3) is 5.69 Å². The summed E-state index contributed by atoms with van der Waals surface area (Å²) in [5.74, 6) is -0.492. The van der Waals surface area contributed by atoms with Crippen molar-refractivity contribution in [3.8, 4) is 0 Å². The fourth-order valence-corrected chi connectivity index (χ4v) is 3.04. The molecule has 0 spiro atoms. The second kappa shape index (κ2) is 6.54. The van der Waals surface area contributed by atoms with Gasteiger partial charge in [-0.15, -0.1) is 0 Å². The number of carbonyl (C=O) groups is 2. The maximum atomic E-state index is 12.5. The predicted octanol–water partition coefficient (Wildman–Crippen LogP) is 2.66. The van der Waals surface area contributed by atoms with Crippen molar-refractivity contribution in [1.82, 2.24) is 10.2 Å². The summed E-state index contributed by atoms with van der Waals surface area (Å²) in [5, 5.41) is 13.7. The van der Waals surface area contributed by atoms with Gasteiger partial charge in [0.1, 0.15) is 0 Å². The van der Waals surface area contributed by atoms with E-state index < -0.39 is 16.9 Å². The summed E-state index contributed by atoms with van der Waals surface area (Å²) in [6, 6.07) is 4.95. The van der Waals surface area contributed by atoms with Gasteiger partial charge >= 0.3 is 12.0 Å². The van der Waals surface area contributed by atoms with Crippen molar-refractivity contribution in [2.24, 2.45) is 0 Å². The fourth-order valence-electron chi connectivity index (χ4n) is 3.04. The molecule has 0 saturated heterocycles. The third-order valence-electron chi connectivity index (χ3n) is 4.37. The number of allylic oxidation sites excluding steroid dienone is 1. The van der Waals surface area contributed by atoms with Gasteiger partial charge in [-0.3, -0.25) is 15.0 Å². The number of nitrogens with zero attached hydrogens (tertiary/aromatic N) is 2. The Kier molecular flexibility index (Phi) is 4.43. The van der Waals surface area contributed by atoms with Crippen molar-refractivity contribution >= 4 is 17.7 Å². The molecule has 3 rings (SSSR count). The zero-order valence-electron chi connectivity index (χ0n) is 14.0. The number of nitro benzene ring substituents is 1. The van der Waals surface area contributed by atoms with Gasteiger partial charge in [0, 0.05) is 23.9 Å². The maximum Gasteiger partial charge on any atom is 0.338 e. The molecule has 132 valence electrons. The second-order valence-electron chi connectivity index (χ2n) is 6.05. The Morgan fingerprint density at radius 2 is 2.00 bits per heavy atom. The molecular formula is C17H19N3O5. The van der Waals surface area contributed by atoms with Gasteiger partial charge in [0.05, 0.1) is 23.1 Å². The molecule has 1 aliphatic heterocycles. The van der Waals surface area contributed by atoms with Crippen LogP contribution in [0.1, 0.15) is 38.3 Å². The summed E-state index contributed by atoms with van der Waals surface area (Å²) in [4.78, 5) is 36.9. The van der Waals surface area contributed by atoms with Crippen LogP contribution in [-0.4, -0.2) is 34.5 Å². The molecule has 1 heterocycles. The van der Waals surface area contributed by atoms with Gasteiger partial charge in [0.2, 0.25) is 0 Å². The monoisotopic (exact) mass is 345 g/mol. The fraction of sp³-hybridized carbons (Fsp3) is 0.412. The number of nitro groups is 1. The predicted molar refractivity (Wildman–Crippen MR) is 88.6 cm³/mol. The highest BCUT2D eigenvalue weighted by atomic mass is 16.6. The smallest absolute Gasteiger partial charge is 0.338 e. The number of esters is 1. The molecule has 25 heavy (non-hydrogen) atoms. The average molecular weight is 345 g/mol. The zero-order chi connectivity index (χ0) is 18.1. The van der Waals surface area contributed by atoms with Crippen LogP contribution in [0.4, 0.5) is 10.5 Å². The molecule has 8 nitrogen and oxygen atoms in total. The van der Waals surface area contributed by atoms with Crippen molar-refractivity contribution in [3.05, 3.63) is 51.2 Å². The van der Waals surface area contributed by atoms with Crippen LogP contribution in [0, 0.1) is 10.1 Å². The van der Waals surface area contributed by atoms with E-state index in [2.05, 4.69) is 5.32 Å². The summed E-state index contributed by atoms with van der Waals surface area (Å²) in [6.45, 7) is 3.68. The first kappa shape index (κ1) is 16.9. The molecule has 8 heteroatoms. The Morgan fingerprint density at radius 3 is 2.52 bits per heavy atom. The van der Waals surface area contributed by atoms with Crippen molar-refractivity contribution in [1.29, 1.82) is 0 Å². The normalized spacial score (nSPS) is 20.3. The topological polar surface area (TPSA) is 102 Å². The van der Waals surface area contributed by atoms with Crippen molar-refractivity contribution in [2.75, 3.05) is 6.61 Å². The molecule has 2 amide bonds. The molecule has 1 fully saturated rings. The highest BCUT2D eigenvalue weighted by molar-refractivity contribution is 5.95. The minimum atomic E-state index is -0.692. The Labute approximate surface area is 144 Å². The van der Waals surface area contributed by atoms with Gasteiger partial charge in [-0.25, -0.2) is 9.59 Å². The SMILES string of the molecule is CCOC(=O)C1=C(C)N(C2CC2)C(=O)N[C@@H]1c1ccc([N+](=O)[O-])cc1. The lowest BCUT2D eigenvalue weighted by atomic mass is 9.94. The van der Waals surface area contributed by atoms with Crippen LogP contribution in [0.3, 0.4) is 0 Å². The quantitative estimate of drug-likeness (QED) is 0.502. The standard InChI is InChI=1S/C17H19N3O5/c1-3-25-16(21)14-10(2)19(12-8-9-12)17(22)18-15(14)11-4-6-13(7-5-11)20(23)24/h4-7,12,15H,3,8-9H2,1-2H3,(H,18,22)/t15-/m1/s1. The molecule has 1 N–H and O–H groups in total. The highest BCUT2D eigenvalue weighted by Crippen LogP contribution is 2.38. The first-order valence-corrected chi connectivity index (χ1v) is 8.16. The van der Waals surface area contributed by atoms with Crippen LogP contribution < -0.4 is 5.32 Å². The average Bonchev–Trinajstić information content (AvgIpc) is 3.39. The molecule has 0 unspecified atom stereocenters. The first-order valence-electron chi connectivity index (χ1n) is 8.16. The van der Waals surface area contributed by atoms with Crippen LogP contribution >= 0.6 is 0 Å². The lowest BCUT2D eigenvalue weighted by molar-refractivity contribution is -0.384. The number of urea groups is 1. The molecule has 1 aromatic rings. The minimum Gasteiger partial charge on any atom is -0.463 e. The highest BCUT2D eigenvalue weighted by Gasteiger charge is 2.42. The van der Waals surface area contributed by atoms with Crippen molar-refractivity contribution in [3.63, 3.8) is 0 Å². The molecule has 0 radical (unpaired) electrons. The number of amides is 2. The number of nitrogens with one attached hydrogen (secondary N) is 1. The summed E-state index contributed by atoms with van der Waals surface area (Å²) in [6.07, 6.45) is 1.81. The Hall–Kier alpha value is -2.90. The molecule has 1 aromatic carbocycles. The Balaban J connectivity index is 2.02. The van der Waals surface area contributed by atoms with Crippen LogP contribution in [0.2, 0.25) is 0 Å². The van der Waals surface area contributed by atoms with E-state index in [4.69, 9.17) is 4.74 Å².